The summed E-state index contributed by atoms with van der Waals surface area (Å²) in [5.74, 6) is 2.27. The van der Waals surface area contributed by atoms with Crippen LogP contribution in [0, 0.1) is 0 Å². The number of hydrogen-bond acceptors (Lipinski definition) is 7. The second-order valence-corrected chi connectivity index (χ2v) is 8.28. The maximum atomic E-state index is 12.6. The summed E-state index contributed by atoms with van der Waals surface area (Å²) < 4.78 is 10.7. The summed E-state index contributed by atoms with van der Waals surface area (Å²) in [4.78, 5) is 16.7. The number of thioether (sulfide) groups is 1. The van der Waals surface area contributed by atoms with Crippen LogP contribution in [0.15, 0.2) is 64.8 Å². The van der Waals surface area contributed by atoms with Gasteiger partial charge < -0.3 is 19.3 Å². The number of rotatable bonds is 3. The lowest BCUT2D eigenvalue weighted by Gasteiger charge is -2.35. The predicted octanol–water partition coefficient (Wildman–Crippen LogP) is 3.08. The van der Waals surface area contributed by atoms with Gasteiger partial charge >= 0.3 is 0 Å². The van der Waals surface area contributed by atoms with Crippen molar-refractivity contribution in [1.82, 2.24) is 9.80 Å². The van der Waals surface area contributed by atoms with Gasteiger partial charge in [0, 0.05) is 38.0 Å². The van der Waals surface area contributed by atoms with E-state index in [0.717, 1.165) is 46.6 Å². The smallest absolute Gasteiger partial charge is 0.246 e. The van der Waals surface area contributed by atoms with Gasteiger partial charge in [0.2, 0.25) is 12.7 Å². The van der Waals surface area contributed by atoms with Crippen molar-refractivity contribution in [1.29, 1.82) is 0 Å². The van der Waals surface area contributed by atoms with Crippen molar-refractivity contribution in [2.75, 3.05) is 38.7 Å². The first kappa shape index (κ1) is 19.7. The molecule has 2 aromatic rings. The molecule has 3 heterocycles. The first-order valence-electron chi connectivity index (χ1n) is 10.2. The van der Waals surface area contributed by atoms with Crippen molar-refractivity contribution in [3.05, 3.63) is 65.7 Å². The van der Waals surface area contributed by atoms with Crippen molar-refractivity contribution in [2.24, 2.45) is 10.2 Å². The van der Waals surface area contributed by atoms with Gasteiger partial charge in [0.05, 0.1) is 5.71 Å². The third-order valence-electron chi connectivity index (χ3n) is 5.38. The van der Waals surface area contributed by atoms with Crippen LogP contribution in [0.3, 0.4) is 0 Å². The molecule has 0 unspecified atom stereocenters. The lowest BCUT2D eigenvalue weighted by Crippen LogP contribution is -2.50. The number of ether oxygens (including phenoxy) is 2. The van der Waals surface area contributed by atoms with E-state index in [9.17, 15) is 4.79 Å². The molecule has 0 atom stereocenters. The lowest BCUT2D eigenvalue weighted by atomic mass is 10.1. The Morgan fingerprint density at radius 3 is 2.55 bits per heavy atom. The van der Waals surface area contributed by atoms with Crippen LogP contribution in [0.2, 0.25) is 0 Å². The number of carbonyl (C=O) groups is 1. The SMILES string of the molecule is O=C(/C=C/c1ccc2c(c1)OCO2)N1CCN(C2=NN=C(c3ccccc3)CS2)CC1. The monoisotopic (exact) mass is 434 g/mol. The average molecular weight is 435 g/mol. The minimum absolute atomic E-state index is 0.0138. The number of amidine groups is 1. The van der Waals surface area contributed by atoms with Crippen LogP contribution in [0.4, 0.5) is 0 Å². The zero-order chi connectivity index (χ0) is 21.0. The first-order valence-corrected chi connectivity index (χ1v) is 11.2. The maximum Gasteiger partial charge on any atom is 0.246 e. The van der Waals surface area contributed by atoms with Gasteiger partial charge in [-0.15, -0.1) is 5.10 Å². The molecule has 2 aromatic carbocycles. The summed E-state index contributed by atoms with van der Waals surface area (Å²) >= 11 is 1.71. The molecule has 3 aliphatic heterocycles. The molecular formula is C23H22N4O3S. The van der Waals surface area contributed by atoms with E-state index in [1.807, 2.05) is 47.4 Å². The molecule has 0 bridgehead atoms. The number of benzene rings is 2. The van der Waals surface area contributed by atoms with Crippen molar-refractivity contribution < 1.29 is 14.3 Å². The van der Waals surface area contributed by atoms with Crippen LogP contribution in [-0.2, 0) is 4.79 Å². The molecule has 0 radical (unpaired) electrons. The molecule has 31 heavy (non-hydrogen) atoms. The highest BCUT2D eigenvalue weighted by Gasteiger charge is 2.24. The van der Waals surface area contributed by atoms with Crippen LogP contribution >= 0.6 is 11.8 Å². The van der Waals surface area contributed by atoms with E-state index >= 15 is 0 Å². The number of hydrogen-bond donors (Lipinski definition) is 0. The summed E-state index contributed by atoms with van der Waals surface area (Å²) in [6.07, 6.45) is 3.44. The Balaban J connectivity index is 1.16. The minimum Gasteiger partial charge on any atom is -0.454 e. The highest BCUT2D eigenvalue weighted by molar-refractivity contribution is 8.14. The molecule has 0 aliphatic carbocycles. The van der Waals surface area contributed by atoms with Crippen LogP contribution in [0.25, 0.3) is 6.08 Å². The van der Waals surface area contributed by atoms with E-state index < -0.39 is 0 Å². The lowest BCUT2D eigenvalue weighted by molar-refractivity contribution is -0.127. The Hall–Kier alpha value is -3.26. The largest absolute Gasteiger partial charge is 0.454 e. The Kier molecular flexibility index (Phi) is 5.62. The number of carbonyl (C=O) groups excluding carboxylic acids is 1. The fraction of sp³-hybridized carbons (Fsp3) is 0.261. The van der Waals surface area contributed by atoms with Crippen molar-refractivity contribution in [3.8, 4) is 11.5 Å². The predicted molar refractivity (Wildman–Crippen MR) is 123 cm³/mol. The van der Waals surface area contributed by atoms with Crippen LogP contribution in [0.1, 0.15) is 11.1 Å². The molecule has 1 amide bonds. The van der Waals surface area contributed by atoms with Gasteiger partial charge in [-0.1, -0.05) is 48.2 Å². The summed E-state index contributed by atoms with van der Waals surface area (Å²) in [5.41, 5.74) is 3.02. The normalized spacial score (nSPS) is 18.2. The van der Waals surface area contributed by atoms with Crippen LogP contribution in [0.5, 0.6) is 11.5 Å². The molecule has 158 valence electrons. The first-order chi connectivity index (χ1) is 15.3. The summed E-state index contributed by atoms with van der Waals surface area (Å²) in [6.45, 7) is 3.09. The van der Waals surface area contributed by atoms with Gasteiger partial charge in [-0.2, -0.15) is 5.10 Å². The van der Waals surface area contributed by atoms with Gasteiger partial charge in [-0.05, 0) is 29.3 Å². The average Bonchev–Trinajstić information content (AvgIpc) is 3.31. The minimum atomic E-state index is 0.0138. The van der Waals surface area contributed by atoms with Crippen LogP contribution in [-0.4, -0.2) is 65.3 Å². The molecule has 0 N–H and O–H groups in total. The number of nitrogens with zero attached hydrogens (tertiary/aromatic N) is 4. The molecule has 8 heteroatoms. The highest BCUT2D eigenvalue weighted by Crippen LogP contribution is 2.32. The molecule has 0 spiro atoms. The van der Waals surface area contributed by atoms with Crippen molar-refractivity contribution >= 4 is 34.6 Å². The fourth-order valence-electron chi connectivity index (χ4n) is 3.63. The van der Waals surface area contributed by atoms with Crippen LogP contribution < -0.4 is 9.47 Å². The Morgan fingerprint density at radius 1 is 0.968 bits per heavy atom. The maximum absolute atomic E-state index is 12.6. The third-order valence-corrected chi connectivity index (χ3v) is 6.39. The molecule has 5 rings (SSSR count). The summed E-state index contributed by atoms with van der Waals surface area (Å²) in [6, 6.07) is 15.8. The van der Waals surface area contributed by atoms with Crippen molar-refractivity contribution in [2.45, 2.75) is 0 Å². The number of fused-ring (bicyclic) bond motifs is 1. The second-order valence-electron chi connectivity index (χ2n) is 7.34. The quantitative estimate of drug-likeness (QED) is 0.695. The van der Waals surface area contributed by atoms with E-state index in [1.165, 1.54) is 0 Å². The zero-order valence-electron chi connectivity index (χ0n) is 16.9. The summed E-state index contributed by atoms with van der Waals surface area (Å²) in [7, 11) is 0. The van der Waals surface area contributed by atoms with Crippen molar-refractivity contribution in [3.63, 3.8) is 0 Å². The van der Waals surface area contributed by atoms with Gasteiger partial charge in [0.1, 0.15) is 0 Å². The number of amides is 1. The molecule has 1 saturated heterocycles. The van der Waals surface area contributed by atoms with Gasteiger partial charge in [0.25, 0.3) is 0 Å². The molecule has 1 fully saturated rings. The van der Waals surface area contributed by atoms with E-state index in [2.05, 4.69) is 27.2 Å². The fourth-order valence-corrected chi connectivity index (χ4v) is 4.58. The Morgan fingerprint density at radius 2 is 1.77 bits per heavy atom. The van der Waals surface area contributed by atoms with E-state index in [-0.39, 0.29) is 12.7 Å². The topological polar surface area (TPSA) is 66.7 Å². The zero-order valence-corrected chi connectivity index (χ0v) is 17.8. The Bertz CT molecular complexity index is 1060. The van der Waals surface area contributed by atoms with E-state index in [1.54, 1.807) is 17.8 Å². The third kappa shape index (κ3) is 4.44. The summed E-state index contributed by atoms with van der Waals surface area (Å²) in [5, 5.41) is 9.80. The second kappa shape index (κ2) is 8.85. The van der Waals surface area contributed by atoms with E-state index in [4.69, 9.17) is 9.47 Å². The Labute approximate surface area is 185 Å². The van der Waals surface area contributed by atoms with Gasteiger partial charge in [-0.25, -0.2) is 0 Å². The number of piperazine rings is 1. The van der Waals surface area contributed by atoms with Gasteiger partial charge in [0.15, 0.2) is 16.7 Å². The molecule has 0 aromatic heterocycles. The van der Waals surface area contributed by atoms with E-state index in [0.29, 0.717) is 18.8 Å². The van der Waals surface area contributed by atoms with Gasteiger partial charge in [-0.3, -0.25) is 4.79 Å². The molecule has 7 nitrogen and oxygen atoms in total. The molecule has 3 aliphatic rings. The standard InChI is InChI=1S/C23H22N4O3S/c28-22(9-7-17-6-8-20-21(14-17)30-16-29-20)26-10-12-27(13-11-26)23-25-24-19(15-31-23)18-4-2-1-3-5-18/h1-9,14H,10-13,15-16H2/b9-7+. The highest BCUT2D eigenvalue weighted by atomic mass is 32.2. The molecular weight excluding hydrogens is 412 g/mol. The molecule has 0 saturated carbocycles.